The van der Waals surface area contributed by atoms with Gasteiger partial charge < -0.3 is 110 Å². The van der Waals surface area contributed by atoms with Crippen LogP contribution in [-0.2, 0) is 120 Å². The third-order valence-corrected chi connectivity index (χ3v) is 18.4. The normalized spacial score (nSPS) is 17.3. The molecular formula is C71H106FN11O22. The van der Waals surface area contributed by atoms with Gasteiger partial charge in [-0.2, -0.15) is 0 Å². The lowest BCUT2D eigenvalue weighted by molar-refractivity contribution is -0.191. The van der Waals surface area contributed by atoms with E-state index in [1.165, 1.54) is 10.6 Å². The van der Waals surface area contributed by atoms with Crippen molar-refractivity contribution in [1.29, 1.82) is 0 Å². The largest absolute Gasteiger partial charge is 0.481 e. The minimum atomic E-state index is -2.17. The number of carboxylic acids is 1. The number of nitrogens with two attached hydrogens (primary N) is 3. The molecule has 584 valence electrons. The molecule has 3 aliphatic heterocycles. The average Bonchev–Trinajstić information content (AvgIpc) is 1.59. The highest BCUT2D eigenvalue weighted by Gasteiger charge is 2.52. The maximum absolute atomic E-state index is 15.4. The molecule has 34 heteroatoms. The second-order valence-corrected chi connectivity index (χ2v) is 26.1. The molecule has 1 fully saturated rings. The number of rotatable bonds is 51. The molecule has 6 amide bonds. The first kappa shape index (κ1) is 84.5. The van der Waals surface area contributed by atoms with E-state index in [9.17, 15) is 53.1 Å². The van der Waals surface area contributed by atoms with Gasteiger partial charge in [-0.25, -0.2) is 19.0 Å². The van der Waals surface area contributed by atoms with Crippen LogP contribution >= 0.6 is 0 Å². The Hall–Kier alpha value is -7.74. The van der Waals surface area contributed by atoms with Crippen molar-refractivity contribution in [1.82, 2.24) is 41.0 Å². The van der Waals surface area contributed by atoms with Gasteiger partial charge in [-0.15, -0.1) is 0 Å². The van der Waals surface area contributed by atoms with Crippen molar-refractivity contribution in [3.05, 3.63) is 61.7 Å². The number of aryl methyl sites for hydroxylation is 1. The van der Waals surface area contributed by atoms with E-state index in [0.717, 1.165) is 21.4 Å². The molecule has 0 spiro atoms. The van der Waals surface area contributed by atoms with E-state index >= 15 is 4.39 Å². The summed E-state index contributed by atoms with van der Waals surface area (Å²) in [5.41, 5.74) is 18.8. The fraction of sp³-hybridized carbons (Fsp3) is 0.676. The first-order valence-electron chi connectivity index (χ1n) is 36.3. The topological polar surface area (TPSA) is 452 Å². The maximum atomic E-state index is 15.4. The van der Waals surface area contributed by atoms with E-state index in [2.05, 4.69) is 26.6 Å². The van der Waals surface area contributed by atoms with Gasteiger partial charge in [0.2, 0.25) is 41.0 Å². The number of aromatic nitrogens is 2. The SMILES string of the molecule is CC[C@@]1(OC(=O)[C@@H](NC(=O)[C@@H]2CCCN2C(=O)[C@H](CC(=O)O)NC(=O)CCOCCOCCOCCNC(=O)[C@H](CCCCNC(=O)CCOCCOCCOCCN)NC(=O)CCOCCOCCOCCN)C(C)C)C(=O)OCc2c1cc1n(c2=O)Cc2c-1nc1cc(F)c(C)c3c1c2[C@@H](N)CC3. The summed E-state index contributed by atoms with van der Waals surface area (Å²) in [4.78, 5) is 141. The molecule has 1 aliphatic carbocycles. The van der Waals surface area contributed by atoms with Crippen LogP contribution in [0.15, 0.2) is 16.9 Å². The number of ether oxygens (including phenoxy) is 11. The molecule has 1 aromatic carbocycles. The highest BCUT2D eigenvalue weighted by Crippen LogP contribution is 2.46. The fourth-order valence-corrected chi connectivity index (χ4v) is 12.9. The van der Waals surface area contributed by atoms with Crippen LogP contribution in [0.5, 0.6) is 0 Å². The Balaban J connectivity index is 0.814. The number of amides is 6. The van der Waals surface area contributed by atoms with Crippen LogP contribution in [0.4, 0.5) is 4.39 Å². The van der Waals surface area contributed by atoms with Crippen molar-refractivity contribution in [2.45, 2.75) is 154 Å². The highest BCUT2D eigenvalue weighted by atomic mass is 19.1. The number of esters is 2. The van der Waals surface area contributed by atoms with Gasteiger partial charge in [0.1, 0.15) is 36.6 Å². The van der Waals surface area contributed by atoms with Crippen LogP contribution in [-0.4, -0.2) is 249 Å². The summed E-state index contributed by atoms with van der Waals surface area (Å²) >= 11 is 0. The number of likely N-dealkylation sites (tertiary alicyclic amines) is 1. The quantitative estimate of drug-likeness (QED) is 0.0211. The summed E-state index contributed by atoms with van der Waals surface area (Å²) < 4.78 is 77.7. The van der Waals surface area contributed by atoms with Crippen molar-refractivity contribution >= 4 is 64.3 Å². The lowest BCUT2D eigenvalue weighted by atomic mass is 9.82. The number of cyclic esters (lactones) is 1. The second kappa shape index (κ2) is 43.8. The summed E-state index contributed by atoms with van der Waals surface area (Å²) in [5, 5.41) is 24.2. The van der Waals surface area contributed by atoms with Gasteiger partial charge in [0, 0.05) is 80.6 Å². The number of benzene rings is 1. The number of pyridine rings is 2. The molecule has 7 rings (SSSR count). The third kappa shape index (κ3) is 24.4. The van der Waals surface area contributed by atoms with E-state index < -0.39 is 108 Å². The molecule has 2 aromatic heterocycles. The van der Waals surface area contributed by atoms with Gasteiger partial charge in [-0.3, -0.25) is 38.4 Å². The summed E-state index contributed by atoms with van der Waals surface area (Å²) in [5.74, 6) is -7.82. The zero-order valence-corrected chi connectivity index (χ0v) is 60.8. The van der Waals surface area contributed by atoms with Crippen LogP contribution in [0.1, 0.15) is 131 Å². The van der Waals surface area contributed by atoms with Crippen LogP contribution < -0.4 is 49.3 Å². The fourth-order valence-electron chi connectivity index (χ4n) is 12.9. The van der Waals surface area contributed by atoms with Gasteiger partial charge in [-0.1, -0.05) is 20.8 Å². The summed E-state index contributed by atoms with van der Waals surface area (Å²) in [6, 6.07) is -2.57. The molecule has 105 heavy (non-hydrogen) atoms. The predicted octanol–water partition coefficient (Wildman–Crippen LogP) is 0.240. The van der Waals surface area contributed by atoms with E-state index in [4.69, 9.17) is 74.3 Å². The smallest absolute Gasteiger partial charge is 0.355 e. The number of nitrogens with one attached hydrogen (secondary N) is 5. The molecule has 0 radical (unpaired) electrons. The molecule has 6 atom stereocenters. The van der Waals surface area contributed by atoms with Crippen molar-refractivity contribution in [3.8, 4) is 11.4 Å². The molecule has 33 nitrogen and oxygen atoms in total. The van der Waals surface area contributed by atoms with E-state index in [1.54, 1.807) is 33.8 Å². The summed E-state index contributed by atoms with van der Waals surface area (Å²) in [6.45, 7) is 12.2. The Bertz CT molecular complexity index is 3490. The molecule has 4 aliphatic rings. The van der Waals surface area contributed by atoms with Crippen molar-refractivity contribution in [3.63, 3.8) is 0 Å². The van der Waals surface area contributed by atoms with Gasteiger partial charge in [-0.05, 0) is 87.0 Å². The summed E-state index contributed by atoms with van der Waals surface area (Å²) in [6.07, 6.45) is 1.78. The lowest BCUT2D eigenvalue weighted by Gasteiger charge is -2.37. The minimum absolute atomic E-state index is 0.00690. The number of nitrogens with zero attached hydrogens (tertiary/aromatic N) is 3. The molecule has 0 bridgehead atoms. The lowest BCUT2D eigenvalue weighted by Crippen LogP contribution is -2.57. The standard InChI is InChI=1S/C71H106FN11O22/c1-5-71(49-39-56-64-47(42-83(56)67(91)48(49)43-104-70(71)94)61-51(75)12-11-46-45(4)50(72)40-53(80-64)62(46)61)105-69(93)63(44(2)3)81-66(90)55-10-8-20-82(55)68(92)54(41-60(87)88)79-59(86)15-23-97-29-35-103-38-32-100-26-19-77-65(89)52(78-58(85)14-22-96-28-34-102-37-31-99-25-17-74)9-6-7-18-76-57(84)13-21-95-27-33-101-36-30-98-24-16-73/h39-40,44,51-52,54-55,63H,5-38,41-43,73-75H2,1-4H3,(H,76,84)(H,77,89)(H,78,85)(H,79,86)(H,81,90)(H,87,88)/t51-,52-,54-,55-,63-,71-/m0/s1. The first-order valence-corrected chi connectivity index (χ1v) is 36.3. The number of unbranched alkanes of at least 4 members (excludes halogenated alkanes) is 1. The Morgan fingerprint density at radius 3 is 1.83 bits per heavy atom. The Kier molecular flexibility index (Phi) is 35.2. The number of carboxylic acid groups (broad SMARTS) is 1. The predicted molar refractivity (Wildman–Crippen MR) is 375 cm³/mol. The van der Waals surface area contributed by atoms with Crippen LogP contribution in [0.2, 0.25) is 0 Å². The molecular weight excluding hydrogens is 1380 g/mol. The number of aliphatic carboxylic acids is 1. The molecule has 3 aromatic rings. The number of carbonyl (C=O) groups excluding carboxylic acids is 8. The van der Waals surface area contributed by atoms with Crippen molar-refractivity contribution in [2.75, 3.05) is 152 Å². The van der Waals surface area contributed by atoms with Crippen molar-refractivity contribution < 1.29 is 105 Å². The Morgan fingerprint density at radius 2 is 1.26 bits per heavy atom. The van der Waals surface area contributed by atoms with Crippen LogP contribution in [0.3, 0.4) is 0 Å². The minimum Gasteiger partial charge on any atom is -0.481 e. The first-order chi connectivity index (χ1) is 50.6. The van der Waals surface area contributed by atoms with Crippen molar-refractivity contribution in [2.24, 2.45) is 23.1 Å². The number of halogens is 1. The number of carbonyl (C=O) groups is 9. The number of fused-ring (bicyclic) bond motifs is 5. The van der Waals surface area contributed by atoms with Gasteiger partial charge in [0.05, 0.1) is 154 Å². The second-order valence-electron chi connectivity index (χ2n) is 26.1. The Labute approximate surface area is 609 Å². The van der Waals surface area contributed by atoms with E-state index in [1.807, 2.05) is 0 Å². The van der Waals surface area contributed by atoms with Gasteiger partial charge >= 0.3 is 17.9 Å². The maximum Gasteiger partial charge on any atom is 0.355 e. The van der Waals surface area contributed by atoms with Crippen LogP contribution in [0.25, 0.3) is 22.3 Å². The van der Waals surface area contributed by atoms with Gasteiger partial charge in [0.25, 0.3) is 5.56 Å². The molecule has 5 heterocycles. The van der Waals surface area contributed by atoms with E-state index in [-0.39, 0.29) is 134 Å². The molecule has 0 unspecified atom stereocenters. The van der Waals surface area contributed by atoms with Crippen LogP contribution in [0, 0.1) is 18.7 Å². The number of hydrogen-bond acceptors (Lipinski definition) is 25. The third-order valence-electron chi connectivity index (χ3n) is 18.4. The number of hydrogen-bond donors (Lipinski definition) is 9. The highest BCUT2D eigenvalue weighted by molar-refractivity contribution is 5.97. The Morgan fingerprint density at radius 1 is 0.695 bits per heavy atom. The monoisotopic (exact) mass is 1480 g/mol. The van der Waals surface area contributed by atoms with Gasteiger partial charge in [0.15, 0.2) is 0 Å². The average molecular weight is 1480 g/mol. The summed E-state index contributed by atoms with van der Waals surface area (Å²) in [7, 11) is 0. The van der Waals surface area contributed by atoms with E-state index in [0.29, 0.717) is 146 Å². The molecule has 1 saturated heterocycles. The molecule has 12 N–H and O–H groups in total. The molecule has 0 saturated carbocycles. The zero-order valence-electron chi connectivity index (χ0n) is 60.8. The zero-order chi connectivity index (χ0) is 75.8.